The van der Waals surface area contributed by atoms with Crippen molar-refractivity contribution in [2.24, 2.45) is 0 Å². The molecule has 0 aromatic carbocycles. The van der Waals surface area contributed by atoms with Crippen molar-refractivity contribution in [3.8, 4) is 5.88 Å². The first-order chi connectivity index (χ1) is 11.2. The van der Waals surface area contributed by atoms with Gasteiger partial charge in [0.15, 0.2) is 6.61 Å². The Bertz CT molecular complexity index is 701. The summed E-state index contributed by atoms with van der Waals surface area (Å²) < 4.78 is 46.3. The zero-order valence-electron chi connectivity index (χ0n) is 13.0. The monoisotopic (exact) mass is 343 g/mol. The van der Waals surface area contributed by atoms with Crippen LogP contribution in [0.4, 0.5) is 23.7 Å². The number of amides is 2. The van der Waals surface area contributed by atoms with Gasteiger partial charge in [0.05, 0.1) is 6.04 Å². The maximum Gasteiger partial charge on any atom is 0.422 e. The number of anilines is 1. The van der Waals surface area contributed by atoms with E-state index in [1.54, 1.807) is 26.0 Å². The molecule has 2 rings (SSSR count). The largest absolute Gasteiger partial charge is 0.468 e. The van der Waals surface area contributed by atoms with Crippen LogP contribution >= 0.6 is 0 Å². The average molecular weight is 343 g/mol. The van der Waals surface area contributed by atoms with Crippen molar-refractivity contribution in [2.45, 2.75) is 26.1 Å². The molecule has 0 fully saturated rings. The summed E-state index contributed by atoms with van der Waals surface area (Å²) in [6.07, 6.45) is -3.22. The van der Waals surface area contributed by atoms with E-state index < -0.39 is 18.8 Å². The molecule has 0 spiro atoms. The second-order valence-electron chi connectivity index (χ2n) is 5.06. The summed E-state index contributed by atoms with van der Waals surface area (Å²) >= 11 is 0. The van der Waals surface area contributed by atoms with Gasteiger partial charge in [0.2, 0.25) is 5.88 Å². The number of hydrogen-bond acceptors (Lipinski definition) is 4. The van der Waals surface area contributed by atoms with Crippen molar-refractivity contribution in [2.75, 3.05) is 11.9 Å². The molecule has 6 nitrogen and oxygen atoms in total. The van der Waals surface area contributed by atoms with Gasteiger partial charge in [0, 0.05) is 18.0 Å². The molecule has 1 atom stereocenters. The van der Waals surface area contributed by atoms with E-state index in [4.69, 9.17) is 4.42 Å². The lowest BCUT2D eigenvalue weighted by atomic mass is 10.2. The van der Waals surface area contributed by atoms with Gasteiger partial charge in [-0.3, -0.25) is 0 Å². The third-order valence-corrected chi connectivity index (χ3v) is 2.91. The van der Waals surface area contributed by atoms with E-state index in [0.29, 0.717) is 5.76 Å². The fraction of sp³-hybridized carbons (Fsp3) is 0.333. The minimum Gasteiger partial charge on any atom is -0.468 e. The number of aryl methyl sites for hydroxylation is 1. The third kappa shape index (κ3) is 5.49. The lowest BCUT2D eigenvalue weighted by Gasteiger charge is -2.13. The highest BCUT2D eigenvalue weighted by molar-refractivity contribution is 5.89. The van der Waals surface area contributed by atoms with Crippen LogP contribution in [0.5, 0.6) is 5.88 Å². The van der Waals surface area contributed by atoms with Crippen molar-refractivity contribution in [3.05, 3.63) is 42.0 Å². The summed E-state index contributed by atoms with van der Waals surface area (Å²) in [5.41, 5.74) is 0.252. The van der Waals surface area contributed by atoms with E-state index in [2.05, 4.69) is 20.4 Å². The van der Waals surface area contributed by atoms with Crippen LogP contribution in [0.15, 0.2) is 34.9 Å². The highest BCUT2D eigenvalue weighted by Gasteiger charge is 2.28. The fourth-order valence-electron chi connectivity index (χ4n) is 1.84. The SMILES string of the molecule is Cc1ccc(C(C)NC(=O)Nc2ccnc(OCC(F)(F)F)c2)o1. The number of urea groups is 1. The van der Waals surface area contributed by atoms with Crippen LogP contribution in [0.25, 0.3) is 0 Å². The Morgan fingerprint density at radius 1 is 1.38 bits per heavy atom. The Labute approximate surface area is 136 Å². The topological polar surface area (TPSA) is 76.4 Å². The van der Waals surface area contributed by atoms with Gasteiger partial charge < -0.3 is 19.8 Å². The standard InChI is InChI=1S/C15H16F3N3O3/c1-9-3-4-12(24-9)10(2)20-14(22)21-11-5-6-19-13(7-11)23-8-15(16,17)18/h3-7,10H,8H2,1-2H3,(H2,19,20,21,22). The van der Waals surface area contributed by atoms with Crippen LogP contribution in [0.1, 0.15) is 24.5 Å². The van der Waals surface area contributed by atoms with E-state index in [0.717, 1.165) is 5.76 Å². The molecule has 2 heterocycles. The minimum absolute atomic E-state index is 0.236. The summed E-state index contributed by atoms with van der Waals surface area (Å²) in [5.74, 6) is 1.08. The van der Waals surface area contributed by atoms with E-state index in [9.17, 15) is 18.0 Å². The number of pyridine rings is 1. The Hall–Kier alpha value is -2.71. The van der Waals surface area contributed by atoms with Crippen LogP contribution in [0.2, 0.25) is 0 Å². The molecule has 0 radical (unpaired) electrons. The predicted molar refractivity (Wildman–Crippen MR) is 79.8 cm³/mol. The van der Waals surface area contributed by atoms with Crippen molar-refractivity contribution >= 4 is 11.7 Å². The molecule has 0 aliphatic carbocycles. The summed E-state index contributed by atoms with van der Waals surface area (Å²) in [5, 5.41) is 5.14. The number of aromatic nitrogens is 1. The molecule has 9 heteroatoms. The first-order valence-corrected chi connectivity index (χ1v) is 7.02. The fourth-order valence-corrected chi connectivity index (χ4v) is 1.84. The van der Waals surface area contributed by atoms with Crippen LogP contribution in [-0.4, -0.2) is 23.8 Å². The molecule has 0 bridgehead atoms. The lowest BCUT2D eigenvalue weighted by molar-refractivity contribution is -0.154. The molecule has 130 valence electrons. The first kappa shape index (κ1) is 17.6. The van der Waals surface area contributed by atoms with Gasteiger partial charge in [-0.15, -0.1) is 0 Å². The number of ether oxygens (including phenoxy) is 1. The van der Waals surface area contributed by atoms with Crippen molar-refractivity contribution in [1.29, 1.82) is 0 Å². The molecule has 24 heavy (non-hydrogen) atoms. The number of alkyl halides is 3. The number of nitrogens with one attached hydrogen (secondary N) is 2. The van der Waals surface area contributed by atoms with Crippen LogP contribution in [0, 0.1) is 6.92 Å². The van der Waals surface area contributed by atoms with Crippen molar-refractivity contribution in [1.82, 2.24) is 10.3 Å². The molecule has 2 aromatic heterocycles. The summed E-state index contributed by atoms with van der Waals surface area (Å²) in [6.45, 7) is 2.07. The van der Waals surface area contributed by atoms with E-state index in [1.165, 1.54) is 18.3 Å². The van der Waals surface area contributed by atoms with Crippen LogP contribution in [0.3, 0.4) is 0 Å². The minimum atomic E-state index is -4.46. The molecule has 2 aromatic rings. The number of carbonyl (C=O) groups excluding carboxylic acids is 1. The molecule has 0 saturated heterocycles. The number of rotatable bonds is 5. The van der Waals surface area contributed by atoms with Crippen molar-refractivity contribution < 1.29 is 27.1 Å². The van der Waals surface area contributed by atoms with Gasteiger partial charge in [0.1, 0.15) is 11.5 Å². The second kappa shape index (κ2) is 7.24. The van der Waals surface area contributed by atoms with Gasteiger partial charge in [-0.2, -0.15) is 13.2 Å². The number of hydrogen-bond donors (Lipinski definition) is 2. The lowest BCUT2D eigenvalue weighted by Crippen LogP contribution is -2.31. The predicted octanol–water partition coefficient (Wildman–Crippen LogP) is 3.81. The molecular formula is C15H16F3N3O3. The van der Waals surface area contributed by atoms with Gasteiger partial charge in [-0.05, 0) is 32.0 Å². The molecule has 0 saturated carbocycles. The molecule has 1 unspecified atom stereocenters. The zero-order valence-corrected chi connectivity index (χ0v) is 13.0. The first-order valence-electron chi connectivity index (χ1n) is 7.02. The zero-order chi connectivity index (χ0) is 17.7. The summed E-state index contributed by atoms with van der Waals surface area (Å²) in [4.78, 5) is 15.6. The maximum absolute atomic E-state index is 12.1. The van der Waals surface area contributed by atoms with E-state index in [1.807, 2.05) is 0 Å². The van der Waals surface area contributed by atoms with Gasteiger partial charge in [-0.1, -0.05) is 0 Å². The molecule has 2 amide bonds. The van der Waals surface area contributed by atoms with E-state index in [-0.39, 0.29) is 17.6 Å². The van der Waals surface area contributed by atoms with Crippen LogP contribution < -0.4 is 15.4 Å². The normalized spacial score (nSPS) is 12.5. The smallest absolute Gasteiger partial charge is 0.422 e. The molecule has 0 aliphatic rings. The number of furan rings is 1. The number of nitrogens with zero attached hydrogens (tertiary/aromatic N) is 1. The van der Waals surface area contributed by atoms with Crippen molar-refractivity contribution in [3.63, 3.8) is 0 Å². The van der Waals surface area contributed by atoms with E-state index >= 15 is 0 Å². The Balaban J connectivity index is 1.91. The Morgan fingerprint density at radius 2 is 2.12 bits per heavy atom. The highest BCUT2D eigenvalue weighted by atomic mass is 19.4. The number of carbonyl (C=O) groups is 1. The van der Waals surface area contributed by atoms with Crippen LogP contribution in [-0.2, 0) is 0 Å². The average Bonchev–Trinajstić information content (AvgIpc) is 2.91. The van der Waals surface area contributed by atoms with Gasteiger partial charge in [-0.25, -0.2) is 9.78 Å². The number of halogens is 3. The summed E-state index contributed by atoms with van der Waals surface area (Å²) in [6, 6.07) is 5.24. The third-order valence-electron chi connectivity index (χ3n) is 2.91. The highest BCUT2D eigenvalue weighted by Crippen LogP contribution is 2.20. The van der Waals surface area contributed by atoms with Gasteiger partial charge in [0.25, 0.3) is 0 Å². The molecular weight excluding hydrogens is 327 g/mol. The quantitative estimate of drug-likeness (QED) is 0.866. The maximum atomic E-state index is 12.1. The summed E-state index contributed by atoms with van der Waals surface area (Å²) in [7, 11) is 0. The molecule has 0 aliphatic heterocycles. The Morgan fingerprint density at radius 3 is 2.75 bits per heavy atom. The molecule has 2 N–H and O–H groups in total. The van der Waals surface area contributed by atoms with Gasteiger partial charge >= 0.3 is 12.2 Å². The second-order valence-corrected chi connectivity index (χ2v) is 5.06. The Kier molecular flexibility index (Phi) is 5.32.